The smallest absolute Gasteiger partial charge is 0.0689 e. The van der Waals surface area contributed by atoms with Crippen LogP contribution in [0.4, 0.5) is 0 Å². The van der Waals surface area contributed by atoms with Crippen LogP contribution in [0.15, 0.2) is 24.3 Å². The summed E-state index contributed by atoms with van der Waals surface area (Å²) in [6.45, 7) is 2.83. The summed E-state index contributed by atoms with van der Waals surface area (Å²) < 4.78 is 5.98. The van der Waals surface area contributed by atoms with Gasteiger partial charge in [-0.15, -0.1) is 0 Å². The lowest BCUT2D eigenvalue weighted by atomic mass is 9.69. The summed E-state index contributed by atoms with van der Waals surface area (Å²) in [5.41, 5.74) is 8.81. The molecule has 0 aliphatic carbocycles. The molecule has 2 aliphatic rings. The lowest BCUT2D eigenvalue weighted by Crippen LogP contribution is -2.43. The minimum Gasteiger partial charge on any atom is -0.374 e. The van der Waals surface area contributed by atoms with Crippen molar-refractivity contribution < 1.29 is 4.74 Å². The van der Waals surface area contributed by atoms with Gasteiger partial charge in [-0.25, -0.2) is 0 Å². The van der Waals surface area contributed by atoms with E-state index in [2.05, 4.69) is 31.2 Å². The van der Waals surface area contributed by atoms with E-state index in [4.69, 9.17) is 10.5 Å². The van der Waals surface area contributed by atoms with Crippen LogP contribution in [-0.2, 0) is 10.2 Å². The quantitative estimate of drug-likeness (QED) is 0.823. The first-order valence-electron chi connectivity index (χ1n) is 6.17. The van der Waals surface area contributed by atoms with Gasteiger partial charge in [0.1, 0.15) is 0 Å². The average Bonchev–Trinajstić information content (AvgIpc) is 2.90. The van der Waals surface area contributed by atoms with Crippen molar-refractivity contribution in [3.05, 3.63) is 35.4 Å². The summed E-state index contributed by atoms with van der Waals surface area (Å²) in [4.78, 5) is 0. The van der Waals surface area contributed by atoms with Gasteiger partial charge in [0.05, 0.1) is 12.2 Å². The number of rotatable bonds is 2. The lowest BCUT2D eigenvalue weighted by molar-refractivity contribution is 0.0857. The zero-order valence-corrected chi connectivity index (χ0v) is 9.78. The predicted octanol–water partition coefficient (Wildman–Crippen LogP) is 2.14. The highest BCUT2D eigenvalue weighted by Crippen LogP contribution is 2.48. The van der Waals surface area contributed by atoms with Crippen molar-refractivity contribution in [3.63, 3.8) is 0 Å². The Balaban J connectivity index is 1.99. The minimum absolute atomic E-state index is 0.0939. The van der Waals surface area contributed by atoms with Crippen molar-refractivity contribution in [1.82, 2.24) is 0 Å². The minimum atomic E-state index is 0.0939. The van der Waals surface area contributed by atoms with E-state index < -0.39 is 0 Å². The zero-order valence-electron chi connectivity index (χ0n) is 9.78. The first kappa shape index (κ1) is 10.3. The molecule has 0 aromatic heterocycles. The van der Waals surface area contributed by atoms with Crippen molar-refractivity contribution in [1.29, 1.82) is 0 Å². The van der Waals surface area contributed by atoms with Gasteiger partial charge in [0.2, 0.25) is 0 Å². The Morgan fingerprint density at radius 1 is 1.31 bits per heavy atom. The molecule has 0 saturated carbocycles. The van der Waals surface area contributed by atoms with E-state index in [1.807, 2.05) is 0 Å². The predicted molar refractivity (Wildman–Crippen MR) is 64.4 cm³/mol. The van der Waals surface area contributed by atoms with Gasteiger partial charge in [-0.05, 0) is 31.7 Å². The van der Waals surface area contributed by atoms with Gasteiger partial charge < -0.3 is 10.5 Å². The monoisotopic (exact) mass is 217 g/mol. The molecule has 2 bridgehead atoms. The summed E-state index contributed by atoms with van der Waals surface area (Å²) in [6.07, 6.45) is 4.31. The molecule has 2 nitrogen and oxygen atoms in total. The third-order valence-electron chi connectivity index (χ3n) is 4.31. The number of nitrogens with two attached hydrogens (primary N) is 1. The molecule has 3 rings (SSSR count). The van der Waals surface area contributed by atoms with Crippen molar-refractivity contribution in [2.45, 2.75) is 43.8 Å². The summed E-state index contributed by atoms with van der Waals surface area (Å²) in [7, 11) is 0. The van der Waals surface area contributed by atoms with Gasteiger partial charge in [-0.1, -0.05) is 29.8 Å². The van der Waals surface area contributed by atoms with E-state index in [0.29, 0.717) is 18.8 Å². The topological polar surface area (TPSA) is 35.2 Å². The molecule has 3 unspecified atom stereocenters. The second-order valence-electron chi connectivity index (χ2n) is 5.25. The number of hydrogen-bond acceptors (Lipinski definition) is 2. The van der Waals surface area contributed by atoms with Crippen LogP contribution < -0.4 is 5.73 Å². The highest BCUT2D eigenvalue weighted by Gasteiger charge is 2.52. The van der Waals surface area contributed by atoms with Crippen molar-refractivity contribution >= 4 is 0 Å². The third-order valence-corrected chi connectivity index (χ3v) is 4.31. The van der Waals surface area contributed by atoms with Gasteiger partial charge in [0.15, 0.2) is 0 Å². The summed E-state index contributed by atoms with van der Waals surface area (Å²) in [6, 6.07) is 8.82. The van der Waals surface area contributed by atoms with Gasteiger partial charge >= 0.3 is 0 Å². The van der Waals surface area contributed by atoms with Gasteiger partial charge in [0, 0.05) is 12.0 Å². The van der Waals surface area contributed by atoms with E-state index in [0.717, 1.165) is 6.42 Å². The van der Waals surface area contributed by atoms with E-state index >= 15 is 0 Å². The van der Waals surface area contributed by atoms with Crippen LogP contribution in [0.5, 0.6) is 0 Å². The van der Waals surface area contributed by atoms with Crippen LogP contribution in [0.1, 0.15) is 30.4 Å². The second-order valence-corrected chi connectivity index (χ2v) is 5.25. The highest BCUT2D eigenvalue weighted by atomic mass is 16.5. The SMILES string of the molecule is Cc1ccc(C2(CN)CC3CCC2O3)cc1. The van der Waals surface area contributed by atoms with Crippen molar-refractivity contribution in [2.24, 2.45) is 5.73 Å². The maximum atomic E-state index is 6.05. The van der Waals surface area contributed by atoms with E-state index in [9.17, 15) is 0 Å². The van der Waals surface area contributed by atoms with Crippen LogP contribution in [0.3, 0.4) is 0 Å². The molecule has 0 radical (unpaired) electrons. The fraction of sp³-hybridized carbons (Fsp3) is 0.571. The molecule has 1 aromatic rings. The Kier molecular flexibility index (Phi) is 2.30. The molecular weight excluding hydrogens is 198 g/mol. The average molecular weight is 217 g/mol. The van der Waals surface area contributed by atoms with Gasteiger partial charge in [-0.2, -0.15) is 0 Å². The molecule has 2 fully saturated rings. The maximum Gasteiger partial charge on any atom is 0.0689 e. The number of aryl methyl sites for hydroxylation is 1. The summed E-state index contributed by atoms with van der Waals surface area (Å²) >= 11 is 0. The Morgan fingerprint density at radius 3 is 2.56 bits per heavy atom. The molecule has 2 N–H and O–H groups in total. The Bertz CT molecular complexity index is 386. The largest absolute Gasteiger partial charge is 0.374 e. The normalized spacial score (nSPS) is 36.9. The number of benzene rings is 1. The molecule has 0 amide bonds. The van der Waals surface area contributed by atoms with Crippen LogP contribution in [0.2, 0.25) is 0 Å². The fourth-order valence-electron chi connectivity index (χ4n) is 3.32. The Labute approximate surface area is 96.8 Å². The molecule has 0 spiro atoms. The fourth-order valence-corrected chi connectivity index (χ4v) is 3.32. The van der Waals surface area contributed by atoms with Crippen LogP contribution in [0.25, 0.3) is 0 Å². The molecule has 2 heteroatoms. The van der Waals surface area contributed by atoms with E-state index in [1.54, 1.807) is 0 Å². The first-order chi connectivity index (χ1) is 7.74. The molecule has 2 heterocycles. The van der Waals surface area contributed by atoms with Gasteiger partial charge in [0.25, 0.3) is 0 Å². The molecule has 16 heavy (non-hydrogen) atoms. The third kappa shape index (κ3) is 1.33. The second kappa shape index (κ2) is 3.57. The summed E-state index contributed by atoms with van der Waals surface area (Å²) in [5, 5.41) is 0. The van der Waals surface area contributed by atoms with Gasteiger partial charge in [-0.3, -0.25) is 0 Å². The van der Waals surface area contributed by atoms with Crippen LogP contribution in [0, 0.1) is 6.92 Å². The molecule has 1 aromatic carbocycles. The molecular formula is C14H19NO. The van der Waals surface area contributed by atoms with Crippen molar-refractivity contribution in [3.8, 4) is 0 Å². The number of hydrogen-bond donors (Lipinski definition) is 1. The Morgan fingerprint density at radius 2 is 2.06 bits per heavy atom. The van der Waals surface area contributed by atoms with E-state index in [1.165, 1.54) is 24.0 Å². The lowest BCUT2D eigenvalue weighted by Gasteiger charge is -2.34. The number of fused-ring (bicyclic) bond motifs is 2. The van der Waals surface area contributed by atoms with Crippen LogP contribution in [-0.4, -0.2) is 18.8 Å². The number of ether oxygens (including phenoxy) is 1. The summed E-state index contributed by atoms with van der Waals surface area (Å²) in [5.74, 6) is 0. The molecule has 2 saturated heterocycles. The molecule has 2 aliphatic heterocycles. The maximum absolute atomic E-state index is 6.05. The van der Waals surface area contributed by atoms with E-state index in [-0.39, 0.29) is 5.41 Å². The Hall–Kier alpha value is -0.860. The molecule has 86 valence electrons. The van der Waals surface area contributed by atoms with Crippen LogP contribution >= 0.6 is 0 Å². The first-order valence-corrected chi connectivity index (χ1v) is 6.17. The van der Waals surface area contributed by atoms with Crippen molar-refractivity contribution in [2.75, 3.05) is 6.54 Å². The molecule has 3 atom stereocenters. The highest BCUT2D eigenvalue weighted by molar-refractivity contribution is 5.33. The standard InChI is InChI=1S/C14H19NO/c1-10-2-4-11(5-3-10)14(9-15)8-12-6-7-13(14)16-12/h2-5,12-13H,6-9,15H2,1H3. The zero-order chi connectivity index (χ0) is 11.2.